The average molecular weight is 373 g/mol. The van der Waals surface area contributed by atoms with Crippen LogP contribution in [-0.2, 0) is 10.6 Å². The zero-order valence-corrected chi connectivity index (χ0v) is 14.4. The summed E-state index contributed by atoms with van der Waals surface area (Å²) in [5.74, 6) is 1.37. The van der Waals surface area contributed by atoms with E-state index in [-0.39, 0.29) is 0 Å². The molecule has 1 aromatic carbocycles. The Labute approximate surface area is 138 Å². The molecule has 1 fully saturated rings. The van der Waals surface area contributed by atoms with Crippen LogP contribution in [0.3, 0.4) is 0 Å². The normalized spacial score (nSPS) is 18.2. The molecule has 1 aliphatic heterocycles. The molecule has 0 bridgehead atoms. The van der Waals surface area contributed by atoms with Gasteiger partial charge in [0.1, 0.15) is 5.82 Å². The van der Waals surface area contributed by atoms with Crippen LogP contribution in [0.15, 0.2) is 22.7 Å². The molecule has 3 rings (SSSR count). The van der Waals surface area contributed by atoms with Crippen molar-refractivity contribution in [1.29, 1.82) is 0 Å². The van der Waals surface area contributed by atoms with Crippen LogP contribution < -0.4 is 0 Å². The smallest absolute Gasteiger partial charge is 0.125 e. The summed E-state index contributed by atoms with van der Waals surface area (Å²) < 4.78 is 8.72. The molecule has 0 aliphatic carbocycles. The van der Waals surface area contributed by atoms with Gasteiger partial charge in [-0.3, -0.25) is 4.90 Å². The zero-order valence-electron chi connectivity index (χ0n) is 12.1. The first-order chi connectivity index (χ1) is 10.2. The Bertz CT molecular complexity index is 625. The van der Waals surface area contributed by atoms with Gasteiger partial charge in [-0.15, -0.1) is 11.6 Å². The van der Waals surface area contributed by atoms with Crippen LogP contribution >= 0.6 is 27.5 Å². The second-order valence-electron chi connectivity index (χ2n) is 5.43. The summed E-state index contributed by atoms with van der Waals surface area (Å²) in [6.07, 6.45) is 0. The van der Waals surface area contributed by atoms with Crippen molar-refractivity contribution in [3.8, 4) is 0 Å². The zero-order chi connectivity index (χ0) is 14.8. The average Bonchev–Trinajstić information content (AvgIpc) is 2.85. The molecule has 0 saturated carbocycles. The molecule has 1 saturated heterocycles. The van der Waals surface area contributed by atoms with Gasteiger partial charge in [0, 0.05) is 30.1 Å². The van der Waals surface area contributed by atoms with E-state index in [4.69, 9.17) is 16.3 Å². The van der Waals surface area contributed by atoms with Gasteiger partial charge in [-0.25, -0.2) is 4.98 Å². The Morgan fingerprint density at radius 3 is 2.86 bits per heavy atom. The third kappa shape index (κ3) is 3.26. The van der Waals surface area contributed by atoms with Gasteiger partial charge in [0.2, 0.25) is 0 Å². The van der Waals surface area contributed by atoms with E-state index in [0.717, 1.165) is 54.2 Å². The Morgan fingerprint density at radius 2 is 2.14 bits per heavy atom. The fourth-order valence-electron chi connectivity index (χ4n) is 2.95. The quantitative estimate of drug-likeness (QED) is 0.770. The highest BCUT2D eigenvalue weighted by Gasteiger charge is 2.19. The second-order valence-corrected chi connectivity index (χ2v) is 6.61. The Kier molecular flexibility index (Phi) is 4.84. The third-order valence-corrected chi connectivity index (χ3v) is 4.64. The standard InChI is InChI=1S/C15H19BrClN3O/c1-11(10-19-4-6-21-7-5-19)20-14-3-2-12(16)8-13(14)18-15(20)9-17/h2-3,8,11H,4-7,9-10H2,1H3. The van der Waals surface area contributed by atoms with E-state index in [1.165, 1.54) is 0 Å². The molecule has 2 aromatic rings. The van der Waals surface area contributed by atoms with E-state index >= 15 is 0 Å². The van der Waals surface area contributed by atoms with Gasteiger partial charge in [-0.05, 0) is 25.1 Å². The highest BCUT2D eigenvalue weighted by molar-refractivity contribution is 9.10. The van der Waals surface area contributed by atoms with Crippen molar-refractivity contribution in [2.24, 2.45) is 0 Å². The van der Waals surface area contributed by atoms with Crippen molar-refractivity contribution in [2.45, 2.75) is 18.8 Å². The molecule has 1 aromatic heterocycles. The third-order valence-electron chi connectivity index (χ3n) is 3.91. The lowest BCUT2D eigenvalue weighted by atomic mass is 10.2. The molecule has 1 unspecified atom stereocenters. The largest absolute Gasteiger partial charge is 0.379 e. The first-order valence-electron chi connectivity index (χ1n) is 7.21. The van der Waals surface area contributed by atoms with Crippen molar-refractivity contribution < 1.29 is 4.74 Å². The number of ether oxygens (including phenoxy) is 1. The molecule has 0 spiro atoms. The lowest BCUT2D eigenvalue weighted by molar-refractivity contribution is 0.0326. The number of hydrogen-bond acceptors (Lipinski definition) is 3. The number of aromatic nitrogens is 2. The van der Waals surface area contributed by atoms with E-state index in [1.54, 1.807) is 0 Å². The first kappa shape index (κ1) is 15.3. The van der Waals surface area contributed by atoms with Gasteiger partial charge >= 0.3 is 0 Å². The van der Waals surface area contributed by atoms with Crippen LogP contribution in [0.1, 0.15) is 18.8 Å². The molecule has 1 aliphatic rings. The molecular formula is C15H19BrClN3O. The maximum Gasteiger partial charge on any atom is 0.125 e. The second kappa shape index (κ2) is 6.65. The minimum atomic E-state index is 0.336. The summed E-state index contributed by atoms with van der Waals surface area (Å²) in [6, 6.07) is 6.55. The lowest BCUT2D eigenvalue weighted by Gasteiger charge is -2.30. The van der Waals surface area contributed by atoms with Crippen LogP contribution in [0.25, 0.3) is 11.0 Å². The highest BCUT2D eigenvalue weighted by atomic mass is 79.9. The number of fused-ring (bicyclic) bond motifs is 1. The molecular weight excluding hydrogens is 354 g/mol. The molecule has 4 nitrogen and oxygen atoms in total. The number of rotatable bonds is 4. The number of morpholine rings is 1. The van der Waals surface area contributed by atoms with E-state index in [1.807, 2.05) is 6.07 Å². The first-order valence-corrected chi connectivity index (χ1v) is 8.54. The predicted molar refractivity (Wildman–Crippen MR) is 89.0 cm³/mol. The van der Waals surface area contributed by atoms with Crippen molar-refractivity contribution in [1.82, 2.24) is 14.5 Å². The van der Waals surface area contributed by atoms with Gasteiger partial charge in [0.05, 0.1) is 30.1 Å². The summed E-state index contributed by atoms with van der Waals surface area (Å²) in [5, 5.41) is 0. The molecule has 1 atom stereocenters. The van der Waals surface area contributed by atoms with Crippen LogP contribution in [0.4, 0.5) is 0 Å². The van der Waals surface area contributed by atoms with Crippen LogP contribution in [0.2, 0.25) is 0 Å². The molecule has 114 valence electrons. The number of alkyl halides is 1. The van der Waals surface area contributed by atoms with Gasteiger partial charge in [0.15, 0.2) is 0 Å². The summed E-state index contributed by atoms with van der Waals surface area (Å²) in [4.78, 5) is 7.11. The van der Waals surface area contributed by atoms with Gasteiger partial charge < -0.3 is 9.30 Å². The summed E-state index contributed by atoms with van der Waals surface area (Å²) >= 11 is 9.60. The molecule has 21 heavy (non-hydrogen) atoms. The maximum atomic E-state index is 6.10. The van der Waals surface area contributed by atoms with E-state index in [9.17, 15) is 0 Å². The van der Waals surface area contributed by atoms with Crippen molar-refractivity contribution in [3.05, 3.63) is 28.5 Å². The van der Waals surface area contributed by atoms with Gasteiger partial charge in [-0.1, -0.05) is 15.9 Å². The minimum absolute atomic E-state index is 0.336. The number of hydrogen-bond donors (Lipinski definition) is 0. The van der Waals surface area contributed by atoms with Crippen molar-refractivity contribution in [2.75, 3.05) is 32.8 Å². The van der Waals surface area contributed by atoms with E-state index in [0.29, 0.717) is 11.9 Å². The fourth-order valence-corrected chi connectivity index (χ4v) is 3.48. The Hall–Kier alpha value is -0.620. The number of halogens is 2. The monoisotopic (exact) mass is 371 g/mol. The summed E-state index contributed by atoms with van der Waals surface area (Å²) in [5.41, 5.74) is 2.14. The van der Waals surface area contributed by atoms with Gasteiger partial charge in [-0.2, -0.15) is 0 Å². The SMILES string of the molecule is CC(CN1CCOCC1)n1c(CCl)nc2cc(Br)ccc21. The summed E-state index contributed by atoms with van der Waals surface area (Å²) in [7, 11) is 0. The summed E-state index contributed by atoms with van der Waals surface area (Å²) in [6.45, 7) is 6.88. The molecule has 6 heteroatoms. The Balaban J connectivity index is 1.90. The van der Waals surface area contributed by atoms with Crippen LogP contribution in [-0.4, -0.2) is 47.3 Å². The maximum absolute atomic E-state index is 6.10. The lowest BCUT2D eigenvalue weighted by Crippen LogP contribution is -2.39. The van der Waals surface area contributed by atoms with Gasteiger partial charge in [0.25, 0.3) is 0 Å². The predicted octanol–water partition coefficient (Wildman–Crippen LogP) is 3.43. The molecule has 0 amide bonds. The number of imidazole rings is 1. The molecule has 0 N–H and O–H groups in total. The number of benzene rings is 1. The fraction of sp³-hybridized carbons (Fsp3) is 0.533. The minimum Gasteiger partial charge on any atom is -0.379 e. The topological polar surface area (TPSA) is 30.3 Å². The molecule has 2 heterocycles. The Morgan fingerprint density at radius 1 is 1.38 bits per heavy atom. The number of nitrogens with zero attached hydrogens (tertiary/aromatic N) is 3. The highest BCUT2D eigenvalue weighted by Crippen LogP contribution is 2.25. The van der Waals surface area contributed by atoms with Crippen LogP contribution in [0, 0.1) is 0 Å². The van der Waals surface area contributed by atoms with Crippen molar-refractivity contribution >= 4 is 38.6 Å². The van der Waals surface area contributed by atoms with Crippen LogP contribution in [0.5, 0.6) is 0 Å². The van der Waals surface area contributed by atoms with Crippen molar-refractivity contribution in [3.63, 3.8) is 0 Å². The van der Waals surface area contributed by atoms with E-state index in [2.05, 4.69) is 49.4 Å². The van der Waals surface area contributed by atoms with E-state index < -0.39 is 0 Å². The molecule has 0 radical (unpaired) electrons.